The molecule has 0 N–H and O–H groups in total. The molecule has 1 heterocycles. The first-order valence-electron chi connectivity index (χ1n) is 5.50. The van der Waals surface area contributed by atoms with E-state index in [-0.39, 0.29) is 5.41 Å². The smallest absolute Gasteiger partial charge is 0.122 e. The zero-order valence-electron chi connectivity index (χ0n) is 9.55. The minimum Gasteiger partial charge on any atom is -0.493 e. The van der Waals surface area contributed by atoms with Crippen molar-refractivity contribution in [3.63, 3.8) is 0 Å². The van der Waals surface area contributed by atoms with Crippen LogP contribution in [0.1, 0.15) is 31.4 Å². The second-order valence-corrected chi connectivity index (χ2v) is 4.80. The van der Waals surface area contributed by atoms with E-state index in [2.05, 4.69) is 38.6 Å². The van der Waals surface area contributed by atoms with E-state index in [0.29, 0.717) is 0 Å². The molecule has 0 spiro atoms. The number of rotatable bonds is 3. The summed E-state index contributed by atoms with van der Waals surface area (Å²) in [5.74, 6) is 1.06. The topological polar surface area (TPSA) is 9.23 Å². The minimum atomic E-state index is 0.180. The zero-order chi connectivity index (χ0) is 10.9. The van der Waals surface area contributed by atoms with Crippen LogP contribution >= 0.6 is 0 Å². The van der Waals surface area contributed by atoms with Crippen LogP contribution < -0.4 is 4.74 Å². The highest BCUT2D eigenvalue weighted by molar-refractivity contribution is 5.42. The third kappa shape index (κ3) is 1.92. The predicted octanol–water partition coefficient (Wildman–Crippen LogP) is 3.48. The van der Waals surface area contributed by atoms with Crippen LogP contribution in [0.25, 0.3) is 0 Å². The van der Waals surface area contributed by atoms with Crippen LogP contribution in [0.2, 0.25) is 0 Å². The largest absolute Gasteiger partial charge is 0.493 e. The molecule has 1 aromatic carbocycles. The van der Waals surface area contributed by atoms with Gasteiger partial charge in [0.25, 0.3) is 0 Å². The lowest BCUT2D eigenvalue weighted by Gasteiger charge is -2.24. The molecule has 1 nitrogen and oxygen atoms in total. The van der Waals surface area contributed by atoms with E-state index in [0.717, 1.165) is 25.2 Å². The van der Waals surface area contributed by atoms with Gasteiger partial charge >= 0.3 is 0 Å². The second kappa shape index (κ2) is 3.73. The number of ether oxygens (including phenoxy) is 1. The van der Waals surface area contributed by atoms with E-state index < -0.39 is 0 Å². The summed E-state index contributed by atoms with van der Waals surface area (Å²) in [6.45, 7) is 9.17. The van der Waals surface area contributed by atoms with Gasteiger partial charge in [0.2, 0.25) is 0 Å². The van der Waals surface area contributed by atoms with Crippen molar-refractivity contribution in [2.45, 2.75) is 32.1 Å². The standard InChI is InChI=1S/C14H18O/c1-4-8-14(2,3)12-5-6-13-11(10-12)7-9-15-13/h4-6,10H,1,7-9H2,2-3H3. The molecule has 0 atom stereocenters. The monoisotopic (exact) mass is 202 g/mol. The molecular weight excluding hydrogens is 184 g/mol. The van der Waals surface area contributed by atoms with Crippen LogP contribution in [0.5, 0.6) is 5.75 Å². The number of hydrogen-bond donors (Lipinski definition) is 0. The Bertz CT molecular complexity index is 377. The van der Waals surface area contributed by atoms with Gasteiger partial charge < -0.3 is 4.74 Å². The van der Waals surface area contributed by atoms with Gasteiger partial charge in [-0.25, -0.2) is 0 Å². The van der Waals surface area contributed by atoms with Gasteiger partial charge in [0.05, 0.1) is 6.61 Å². The van der Waals surface area contributed by atoms with E-state index in [9.17, 15) is 0 Å². The van der Waals surface area contributed by atoms with Crippen molar-refractivity contribution in [1.29, 1.82) is 0 Å². The van der Waals surface area contributed by atoms with Crippen molar-refractivity contribution in [1.82, 2.24) is 0 Å². The minimum absolute atomic E-state index is 0.180. The van der Waals surface area contributed by atoms with E-state index in [1.165, 1.54) is 11.1 Å². The number of fused-ring (bicyclic) bond motifs is 1. The molecule has 0 saturated carbocycles. The lowest BCUT2D eigenvalue weighted by Crippen LogP contribution is -2.15. The maximum atomic E-state index is 5.51. The fourth-order valence-corrected chi connectivity index (χ4v) is 2.09. The molecule has 0 amide bonds. The lowest BCUT2D eigenvalue weighted by atomic mass is 9.81. The highest BCUT2D eigenvalue weighted by Gasteiger charge is 2.21. The summed E-state index contributed by atoms with van der Waals surface area (Å²) < 4.78 is 5.51. The molecule has 1 aromatic rings. The maximum absolute atomic E-state index is 5.51. The second-order valence-electron chi connectivity index (χ2n) is 4.80. The fourth-order valence-electron chi connectivity index (χ4n) is 2.09. The van der Waals surface area contributed by atoms with E-state index in [1.807, 2.05) is 6.08 Å². The maximum Gasteiger partial charge on any atom is 0.122 e. The summed E-state index contributed by atoms with van der Waals surface area (Å²) in [5.41, 5.74) is 2.91. The predicted molar refractivity (Wildman–Crippen MR) is 63.5 cm³/mol. The van der Waals surface area contributed by atoms with Gasteiger partial charge in [0.15, 0.2) is 0 Å². The molecule has 0 unspecified atom stereocenters. The van der Waals surface area contributed by atoms with Crippen molar-refractivity contribution >= 4 is 0 Å². The van der Waals surface area contributed by atoms with Crippen LogP contribution in [0.3, 0.4) is 0 Å². The van der Waals surface area contributed by atoms with E-state index in [1.54, 1.807) is 0 Å². The van der Waals surface area contributed by atoms with Gasteiger partial charge in [-0.05, 0) is 29.0 Å². The molecular formula is C14H18O. The number of hydrogen-bond acceptors (Lipinski definition) is 1. The fraction of sp³-hybridized carbons (Fsp3) is 0.429. The van der Waals surface area contributed by atoms with Crippen molar-refractivity contribution in [2.24, 2.45) is 0 Å². The summed E-state index contributed by atoms with van der Waals surface area (Å²) in [6.07, 6.45) is 4.05. The summed E-state index contributed by atoms with van der Waals surface area (Å²) in [5, 5.41) is 0. The first-order valence-corrected chi connectivity index (χ1v) is 5.50. The van der Waals surface area contributed by atoms with Crippen molar-refractivity contribution in [2.75, 3.05) is 6.61 Å². The van der Waals surface area contributed by atoms with Crippen LogP contribution in [0.4, 0.5) is 0 Å². The third-order valence-corrected chi connectivity index (χ3v) is 3.13. The first-order chi connectivity index (χ1) is 7.13. The van der Waals surface area contributed by atoms with Gasteiger partial charge in [0.1, 0.15) is 5.75 Å². The van der Waals surface area contributed by atoms with E-state index >= 15 is 0 Å². The van der Waals surface area contributed by atoms with Crippen molar-refractivity contribution in [3.8, 4) is 5.75 Å². The average Bonchev–Trinajstić information content (AvgIpc) is 2.63. The normalized spacial score (nSPS) is 14.5. The molecule has 1 aliphatic rings. The summed E-state index contributed by atoms with van der Waals surface area (Å²) in [4.78, 5) is 0. The van der Waals surface area contributed by atoms with Crippen LogP contribution in [-0.2, 0) is 11.8 Å². The Hall–Kier alpha value is -1.24. The Morgan fingerprint density at radius 2 is 2.27 bits per heavy atom. The van der Waals surface area contributed by atoms with Crippen LogP contribution in [0, 0.1) is 0 Å². The van der Waals surface area contributed by atoms with Gasteiger partial charge in [-0.1, -0.05) is 32.1 Å². The Morgan fingerprint density at radius 1 is 1.47 bits per heavy atom. The Labute approximate surface area is 91.8 Å². The van der Waals surface area contributed by atoms with Crippen molar-refractivity contribution in [3.05, 3.63) is 42.0 Å². The zero-order valence-corrected chi connectivity index (χ0v) is 9.55. The molecule has 0 aromatic heterocycles. The van der Waals surface area contributed by atoms with Crippen LogP contribution in [0.15, 0.2) is 30.9 Å². The molecule has 0 fully saturated rings. The number of allylic oxidation sites excluding steroid dienone is 1. The number of benzene rings is 1. The Kier molecular flexibility index (Phi) is 2.56. The lowest BCUT2D eigenvalue weighted by molar-refractivity contribution is 0.356. The van der Waals surface area contributed by atoms with Crippen molar-refractivity contribution < 1.29 is 4.74 Å². The molecule has 0 aliphatic carbocycles. The first kappa shape index (κ1) is 10.3. The molecule has 0 radical (unpaired) electrons. The molecule has 15 heavy (non-hydrogen) atoms. The quantitative estimate of drug-likeness (QED) is 0.682. The van der Waals surface area contributed by atoms with E-state index in [4.69, 9.17) is 4.74 Å². The van der Waals surface area contributed by atoms with Gasteiger partial charge in [-0.15, -0.1) is 6.58 Å². The molecule has 1 heteroatoms. The average molecular weight is 202 g/mol. The highest BCUT2D eigenvalue weighted by Crippen LogP contribution is 2.33. The third-order valence-electron chi connectivity index (χ3n) is 3.13. The van der Waals surface area contributed by atoms with Gasteiger partial charge in [-0.3, -0.25) is 0 Å². The Balaban J connectivity index is 2.33. The van der Waals surface area contributed by atoms with Gasteiger partial charge in [0, 0.05) is 6.42 Å². The molecule has 80 valence electrons. The summed E-state index contributed by atoms with van der Waals surface area (Å²) >= 11 is 0. The highest BCUT2D eigenvalue weighted by atomic mass is 16.5. The Morgan fingerprint density at radius 3 is 3.00 bits per heavy atom. The summed E-state index contributed by atoms with van der Waals surface area (Å²) in [7, 11) is 0. The molecule has 0 saturated heterocycles. The molecule has 2 rings (SSSR count). The van der Waals surface area contributed by atoms with Gasteiger partial charge in [-0.2, -0.15) is 0 Å². The molecule has 1 aliphatic heterocycles. The van der Waals surface area contributed by atoms with Crippen LogP contribution in [-0.4, -0.2) is 6.61 Å². The summed E-state index contributed by atoms with van der Waals surface area (Å²) in [6, 6.07) is 6.56. The molecule has 0 bridgehead atoms. The SMILES string of the molecule is C=CCC(C)(C)c1ccc2c(c1)CCO2.